The Labute approximate surface area is 272 Å². The number of hydrogen-bond donors (Lipinski definition) is 1. The number of non-ortho nitro benzene ring substituents is 1. The zero-order chi connectivity index (χ0) is 33.4. The molecule has 3 aromatic rings. The number of rotatable bonds is 14. The lowest BCUT2D eigenvalue weighted by molar-refractivity contribution is -0.384. The predicted octanol–water partition coefficient (Wildman–Crippen LogP) is 7.01. The lowest BCUT2D eigenvalue weighted by Gasteiger charge is -2.22. The van der Waals surface area contributed by atoms with Gasteiger partial charge in [-0.3, -0.25) is 29.4 Å². The molecule has 1 N–H and O–H groups in total. The first-order chi connectivity index (χ1) is 22.0. The molecule has 1 fully saturated rings. The highest BCUT2D eigenvalue weighted by Gasteiger charge is 2.35. The van der Waals surface area contributed by atoms with Crippen molar-refractivity contribution in [3.8, 4) is 11.5 Å². The molecule has 4 rings (SSSR count). The molecule has 3 aromatic carbocycles. The normalized spacial score (nSPS) is 13.8. The van der Waals surface area contributed by atoms with Crippen molar-refractivity contribution in [2.45, 2.75) is 40.5 Å². The van der Waals surface area contributed by atoms with Crippen molar-refractivity contribution < 1.29 is 28.8 Å². The highest BCUT2D eigenvalue weighted by molar-refractivity contribution is 8.18. The second kappa shape index (κ2) is 15.4. The first kappa shape index (κ1) is 34.0. The van der Waals surface area contributed by atoms with Gasteiger partial charge in [-0.1, -0.05) is 32.0 Å². The summed E-state index contributed by atoms with van der Waals surface area (Å²) < 4.78 is 11.9. The zero-order valence-electron chi connectivity index (χ0n) is 26.6. The fourth-order valence-corrected chi connectivity index (χ4v) is 5.77. The molecule has 0 unspecified atom stereocenters. The number of imide groups is 1. The van der Waals surface area contributed by atoms with Crippen LogP contribution in [0.2, 0.25) is 0 Å². The molecule has 1 aliphatic rings. The second-order valence-electron chi connectivity index (χ2n) is 10.9. The van der Waals surface area contributed by atoms with Gasteiger partial charge in [0.05, 0.1) is 16.4 Å². The van der Waals surface area contributed by atoms with E-state index in [1.54, 1.807) is 24.3 Å². The standard InChI is InChI=1S/C34H38N4O7S/c1-6-36(7-2)26-13-12-24(29(20-26)45-21-32(39)35-25-9-8-10-27(19-25)38(42)43)18-31-33(40)37(34(41)46-31)15-16-44-30-17-23(5)11-14-28(30)22(3)4/h8-14,17-20,22H,6-7,15-16,21H2,1-5H3,(H,35,39)/b31-18-. The molecule has 0 aliphatic carbocycles. The van der Waals surface area contributed by atoms with Crippen LogP contribution in [0.1, 0.15) is 50.3 Å². The number of amides is 3. The Morgan fingerprint density at radius 3 is 2.50 bits per heavy atom. The van der Waals surface area contributed by atoms with E-state index in [1.807, 2.05) is 45.0 Å². The van der Waals surface area contributed by atoms with E-state index in [0.29, 0.717) is 11.3 Å². The molecular weight excluding hydrogens is 608 g/mol. The number of nitrogens with one attached hydrogen (secondary N) is 1. The third kappa shape index (κ3) is 8.45. The fraction of sp³-hybridized carbons (Fsp3) is 0.324. The van der Waals surface area contributed by atoms with Crippen molar-refractivity contribution in [2.75, 3.05) is 43.1 Å². The van der Waals surface area contributed by atoms with E-state index < -0.39 is 22.0 Å². The molecule has 1 saturated heterocycles. The minimum atomic E-state index is -0.543. The van der Waals surface area contributed by atoms with Gasteiger partial charge in [0.1, 0.15) is 18.1 Å². The average molecular weight is 647 g/mol. The van der Waals surface area contributed by atoms with Crippen LogP contribution in [0.4, 0.5) is 21.9 Å². The number of carbonyl (C=O) groups is 3. The SMILES string of the molecule is CCN(CC)c1ccc(/C=C2\SC(=O)N(CCOc3cc(C)ccc3C(C)C)C2=O)c(OCC(=O)Nc2cccc([N+](=O)[O-])c2)c1. The average Bonchev–Trinajstić information content (AvgIpc) is 3.28. The van der Waals surface area contributed by atoms with Crippen LogP contribution in [0.25, 0.3) is 6.08 Å². The molecule has 11 nitrogen and oxygen atoms in total. The molecule has 3 amide bonds. The van der Waals surface area contributed by atoms with Gasteiger partial charge in [-0.25, -0.2) is 0 Å². The van der Waals surface area contributed by atoms with E-state index >= 15 is 0 Å². The van der Waals surface area contributed by atoms with Crippen molar-refractivity contribution in [1.82, 2.24) is 4.90 Å². The number of anilines is 2. The number of thioether (sulfide) groups is 1. The summed E-state index contributed by atoms with van der Waals surface area (Å²) >= 11 is 0.834. The predicted molar refractivity (Wildman–Crippen MR) is 181 cm³/mol. The molecule has 0 spiro atoms. The number of nitro benzene ring substituents is 1. The summed E-state index contributed by atoms with van der Waals surface area (Å²) in [5.41, 5.74) is 3.60. The van der Waals surface area contributed by atoms with Gasteiger partial charge >= 0.3 is 0 Å². The molecule has 46 heavy (non-hydrogen) atoms. The van der Waals surface area contributed by atoms with E-state index in [1.165, 1.54) is 23.1 Å². The van der Waals surface area contributed by atoms with Gasteiger partial charge in [-0.15, -0.1) is 0 Å². The minimum absolute atomic E-state index is 0.0928. The molecule has 1 heterocycles. The third-order valence-electron chi connectivity index (χ3n) is 7.35. The summed E-state index contributed by atoms with van der Waals surface area (Å²) in [5, 5.41) is 13.3. The van der Waals surface area contributed by atoms with Gasteiger partial charge in [0.15, 0.2) is 6.61 Å². The van der Waals surface area contributed by atoms with Gasteiger partial charge in [-0.05, 0) is 79.9 Å². The summed E-state index contributed by atoms with van der Waals surface area (Å²) in [5.74, 6) is 0.381. The van der Waals surface area contributed by atoms with Crippen molar-refractivity contribution >= 4 is 52.0 Å². The fourth-order valence-electron chi connectivity index (χ4n) is 4.91. The van der Waals surface area contributed by atoms with Crippen LogP contribution in [0.3, 0.4) is 0 Å². The summed E-state index contributed by atoms with van der Waals surface area (Å²) in [6.45, 7) is 11.5. The van der Waals surface area contributed by atoms with Crippen LogP contribution in [0.5, 0.6) is 11.5 Å². The first-order valence-electron chi connectivity index (χ1n) is 15.1. The quantitative estimate of drug-likeness (QED) is 0.112. The lowest BCUT2D eigenvalue weighted by atomic mass is 10.0. The highest BCUT2D eigenvalue weighted by atomic mass is 32.2. The second-order valence-corrected chi connectivity index (χ2v) is 11.9. The number of nitrogens with zero attached hydrogens (tertiary/aromatic N) is 3. The number of ether oxygens (including phenoxy) is 2. The summed E-state index contributed by atoms with van der Waals surface area (Å²) in [4.78, 5) is 52.9. The first-order valence-corrected chi connectivity index (χ1v) is 15.9. The maximum absolute atomic E-state index is 13.3. The number of nitro groups is 1. The minimum Gasteiger partial charge on any atom is -0.491 e. The molecular formula is C34H38N4O7S. The van der Waals surface area contributed by atoms with Crippen LogP contribution in [0, 0.1) is 17.0 Å². The van der Waals surface area contributed by atoms with Crippen molar-refractivity contribution in [3.05, 3.63) is 92.4 Å². The monoisotopic (exact) mass is 646 g/mol. The van der Waals surface area contributed by atoms with Crippen molar-refractivity contribution in [1.29, 1.82) is 0 Å². The number of benzene rings is 3. The van der Waals surface area contributed by atoms with E-state index in [2.05, 4.69) is 24.1 Å². The zero-order valence-corrected chi connectivity index (χ0v) is 27.4. The molecule has 0 aromatic heterocycles. The Kier molecular flexibility index (Phi) is 11.4. The molecule has 0 saturated carbocycles. The van der Waals surface area contributed by atoms with Crippen LogP contribution in [-0.2, 0) is 9.59 Å². The Morgan fingerprint density at radius 2 is 1.80 bits per heavy atom. The molecule has 242 valence electrons. The third-order valence-corrected chi connectivity index (χ3v) is 8.26. The van der Waals surface area contributed by atoms with E-state index in [9.17, 15) is 24.5 Å². The van der Waals surface area contributed by atoms with Gasteiger partial charge in [0.2, 0.25) is 0 Å². The van der Waals surface area contributed by atoms with Gasteiger partial charge in [-0.2, -0.15) is 0 Å². The van der Waals surface area contributed by atoms with E-state index in [0.717, 1.165) is 47.4 Å². The highest BCUT2D eigenvalue weighted by Crippen LogP contribution is 2.36. The molecule has 0 radical (unpaired) electrons. The smallest absolute Gasteiger partial charge is 0.293 e. The van der Waals surface area contributed by atoms with Crippen LogP contribution in [0.15, 0.2) is 65.6 Å². The van der Waals surface area contributed by atoms with Gasteiger partial charge < -0.3 is 19.7 Å². The number of carbonyl (C=O) groups excluding carboxylic acids is 3. The van der Waals surface area contributed by atoms with Crippen LogP contribution < -0.4 is 19.7 Å². The van der Waals surface area contributed by atoms with Crippen LogP contribution in [-0.4, -0.2) is 59.7 Å². The number of hydrogen-bond acceptors (Lipinski definition) is 9. The molecule has 12 heteroatoms. The van der Waals surface area contributed by atoms with Gasteiger partial charge in [0, 0.05) is 48.2 Å². The molecule has 0 bridgehead atoms. The Bertz CT molecular complexity index is 1650. The van der Waals surface area contributed by atoms with E-state index in [4.69, 9.17) is 9.47 Å². The van der Waals surface area contributed by atoms with Crippen molar-refractivity contribution in [2.24, 2.45) is 0 Å². The molecule has 0 atom stereocenters. The Balaban J connectivity index is 1.49. The van der Waals surface area contributed by atoms with Gasteiger partial charge in [0.25, 0.3) is 22.7 Å². The lowest BCUT2D eigenvalue weighted by Crippen LogP contribution is -2.32. The maximum atomic E-state index is 13.3. The number of aryl methyl sites for hydroxylation is 1. The maximum Gasteiger partial charge on any atom is 0.293 e. The summed E-state index contributed by atoms with van der Waals surface area (Å²) in [6.07, 6.45) is 1.59. The largest absolute Gasteiger partial charge is 0.491 e. The summed E-state index contributed by atoms with van der Waals surface area (Å²) in [6, 6.07) is 17.1. The molecule has 1 aliphatic heterocycles. The topological polar surface area (TPSA) is 131 Å². The van der Waals surface area contributed by atoms with E-state index in [-0.39, 0.29) is 42.0 Å². The van der Waals surface area contributed by atoms with Crippen molar-refractivity contribution in [3.63, 3.8) is 0 Å². The Hall–Kier alpha value is -4.84. The Morgan fingerprint density at radius 1 is 1.04 bits per heavy atom. The summed E-state index contributed by atoms with van der Waals surface area (Å²) in [7, 11) is 0. The van der Waals surface area contributed by atoms with Crippen LogP contribution >= 0.6 is 11.8 Å².